The number of aromatic nitrogens is 3. The van der Waals surface area contributed by atoms with Crippen LogP contribution in [0.2, 0.25) is 10.0 Å². The van der Waals surface area contributed by atoms with Crippen molar-refractivity contribution in [3.63, 3.8) is 0 Å². The molecule has 0 spiro atoms. The molecule has 1 atom stereocenters. The minimum absolute atomic E-state index is 0.0623. The van der Waals surface area contributed by atoms with Crippen LogP contribution in [-0.4, -0.2) is 25.8 Å². The minimum Gasteiger partial charge on any atom is -0.302 e. The predicted molar refractivity (Wildman–Crippen MR) is 107 cm³/mol. The quantitative estimate of drug-likeness (QED) is 0.393. The number of thioether (sulfide) groups is 1. The van der Waals surface area contributed by atoms with E-state index in [0.29, 0.717) is 33.1 Å². The SMILES string of the molecule is CCn1c(SC(C)C(=O)c2ccccc2)nnc1-c1ccc(Cl)cc1Cl. The smallest absolute Gasteiger partial charge is 0.192 e. The lowest BCUT2D eigenvalue weighted by atomic mass is 10.1. The number of rotatable bonds is 6. The Morgan fingerprint density at radius 2 is 1.88 bits per heavy atom. The van der Waals surface area contributed by atoms with Crippen LogP contribution in [0.25, 0.3) is 11.4 Å². The van der Waals surface area contributed by atoms with Crippen LogP contribution in [0.5, 0.6) is 0 Å². The third-order valence-corrected chi connectivity index (χ3v) is 5.54. The Kier molecular flexibility index (Phi) is 6.01. The minimum atomic E-state index is -0.277. The largest absolute Gasteiger partial charge is 0.302 e. The second-order valence-electron chi connectivity index (χ2n) is 5.66. The van der Waals surface area contributed by atoms with Gasteiger partial charge < -0.3 is 4.57 Å². The average molecular weight is 406 g/mol. The van der Waals surface area contributed by atoms with Crippen LogP contribution in [-0.2, 0) is 6.54 Å². The first-order chi connectivity index (χ1) is 12.5. The van der Waals surface area contributed by atoms with Crippen LogP contribution in [0.4, 0.5) is 0 Å². The van der Waals surface area contributed by atoms with Gasteiger partial charge in [0.25, 0.3) is 0 Å². The average Bonchev–Trinajstić information content (AvgIpc) is 3.04. The summed E-state index contributed by atoms with van der Waals surface area (Å²) >= 11 is 13.7. The van der Waals surface area contributed by atoms with E-state index in [2.05, 4.69) is 10.2 Å². The highest BCUT2D eigenvalue weighted by Gasteiger charge is 2.22. The van der Waals surface area contributed by atoms with Gasteiger partial charge in [-0.1, -0.05) is 65.3 Å². The molecule has 0 amide bonds. The molecule has 4 nitrogen and oxygen atoms in total. The van der Waals surface area contributed by atoms with Crippen molar-refractivity contribution in [3.8, 4) is 11.4 Å². The predicted octanol–water partition coefficient (Wildman–Crippen LogP) is 5.64. The van der Waals surface area contributed by atoms with Gasteiger partial charge in [-0.2, -0.15) is 0 Å². The van der Waals surface area contributed by atoms with E-state index in [-0.39, 0.29) is 11.0 Å². The topological polar surface area (TPSA) is 47.8 Å². The summed E-state index contributed by atoms with van der Waals surface area (Å²) in [6.45, 7) is 4.55. The molecule has 0 saturated carbocycles. The first-order valence-corrected chi connectivity index (χ1v) is 9.79. The molecule has 2 aromatic carbocycles. The maximum Gasteiger partial charge on any atom is 0.192 e. The summed E-state index contributed by atoms with van der Waals surface area (Å²) in [6, 6.07) is 14.5. The van der Waals surface area contributed by atoms with E-state index >= 15 is 0 Å². The molecular formula is C19H17Cl2N3OS. The van der Waals surface area contributed by atoms with Gasteiger partial charge in [0.15, 0.2) is 16.8 Å². The molecule has 0 fully saturated rings. The number of halogens is 2. The fraction of sp³-hybridized carbons (Fsp3) is 0.211. The lowest BCUT2D eigenvalue weighted by Gasteiger charge is -2.12. The summed E-state index contributed by atoms with van der Waals surface area (Å²) in [5.74, 6) is 0.725. The lowest BCUT2D eigenvalue weighted by molar-refractivity contribution is 0.0994. The third kappa shape index (κ3) is 3.95. The van der Waals surface area contributed by atoms with Crippen molar-refractivity contribution >= 4 is 40.7 Å². The molecule has 1 heterocycles. The number of carbonyl (C=O) groups is 1. The number of Topliss-reactive ketones (excluding diaryl/α,β-unsaturated/α-hetero) is 1. The summed E-state index contributed by atoms with van der Waals surface area (Å²) in [5, 5.41) is 10.1. The Bertz CT molecular complexity index is 928. The Balaban J connectivity index is 1.87. The highest BCUT2D eigenvalue weighted by Crippen LogP contribution is 2.32. The van der Waals surface area contributed by atoms with Crippen LogP contribution in [0.3, 0.4) is 0 Å². The Morgan fingerprint density at radius 3 is 2.54 bits per heavy atom. The fourth-order valence-electron chi connectivity index (χ4n) is 2.58. The summed E-state index contributed by atoms with van der Waals surface area (Å²) in [6.07, 6.45) is 0. The van der Waals surface area contributed by atoms with Gasteiger partial charge in [-0.15, -0.1) is 10.2 Å². The van der Waals surface area contributed by atoms with E-state index in [9.17, 15) is 4.79 Å². The van der Waals surface area contributed by atoms with Crippen molar-refractivity contribution in [1.82, 2.24) is 14.8 Å². The molecule has 0 bridgehead atoms. The molecule has 7 heteroatoms. The molecule has 1 unspecified atom stereocenters. The van der Waals surface area contributed by atoms with Gasteiger partial charge in [0.05, 0.1) is 10.3 Å². The van der Waals surface area contributed by atoms with Crippen LogP contribution in [0.15, 0.2) is 53.7 Å². The van der Waals surface area contributed by atoms with E-state index < -0.39 is 0 Å². The van der Waals surface area contributed by atoms with Gasteiger partial charge in [-0.3, -0.25) is 4.79 Å². The number of hydrogen-bond acceptors (Lipinski definition) is 4. The first-order valence-electron chi connectivity index (χ1n) is 8.15. The van der Waals surface area contributed by atoms with Gasteiger partial charge in [0.2, 0.25) is 0 Å². The van der Waals surface area contributed by atoms with Crippen LogP contribution in [0, 0.1) is 0 Å². The summed E-state index contributed by atoms with van der Waals surface area (Å²) in [5.41, 5.74) is 1.45. The van der Waals surface area contributed by atoms with Crippen molar-refractivity contribution in [1.29, 1.82) is 0 Å². The van der Waals surface area contributed by atoms with Crippen molar-refractivity contribution < 1.29 is 4.79 Å². The highest BCUT2D eigenvalue weighted by atomic mass is 35.5. The molecule has 1 aromatic heterocycles. The maximum atomic E-state index is 12.6. The van der Waals surface area contributed by atoms with E-state index in [1.165, 1.54) is 11.8 Å². The lowest BCUT2D eigenvalue weighted by Crippen LogP contribution is -2.14. The zero-order valence-electron chi connectivity index (χ0n) is 14.3. The molecule has 134 valence electrons. The second kappa shape index (κ2) is 8.25. The van der Waals surface area contributed by atoms with E-state index in [4.69, 9.17) is 23.2 Å². The van der Waals surface area contributed by atoms with Gasteiger partial charge in [-0.05, 0) is 32.0 Å². The summed E-state index contributed by atoms with van der Waals surface area (Å²) < 4.78 is 1.95. The third-order valence-electron chi connectivity index (χ3n) is 3.91. The standard InChI is InChI=1S/C19H17Cl2N3OS/c1-3-24-18(15-10-9-14(20)11-16(15)21)22-23-19(24)26-12(2)17(25)13-7-5-4-6-8-13/h4-12H,3H2,1-2H3. The highest BCUT2D eigenvalue weighted by molar-refractivity contribution is 8.00. The van der Waals surface area contributed by atoms with E-state index in [1.54, 1.807) is 12.1 Å². The number of ketones is 1. The van der Waals surface area contributed by atoms with E-state index in [0.717, 1.165) is 5.56 Å². The number of nitrogens with zero attached hydrogens (tertiary/aromatic N) is 3. The van der Waals surface area contributed by atoms with Crippen LogP contribution < -0.4 is 0 Å². The molecule has 0 aliphatic carbocycles. The number of benzene rings is 2. The molecule has 0 aliphatic rings. The number of hydrogen-bond donors (Lipinski definition) is 0. The van der Waals surface area contributed by atoms with Crippen molar-refractivity contribution in [2.45, 2.75) is 30.8 Å². The number of carbonyl (C=O) groups excluding carboxylic acids is 1. The van der Waals surface area contributed by atoms with Gasteiger partial charge in [0.1, 0.15) is 0 Å². The van der Waals surface area contributed by atoms with Gasteiger partial charge in [0, 0.05) is 22.7 Å². The Hall–Kier alpha value is -1.82. The molecular weight excluding hydrogens is 389 g/mol. The molecule has 0 radical (unpaired) electrons. The van der Waals surface area contributed by atoms with Crippen LogP contribution >= 0.6 is 35.0 Å². The Morgan fingerprint density at radius 1 is 1.15 bits per heavy atom. The fourth-order valence-corrected chi connectivity index (χ4v) is 4.06. The monoisotopic (exact) mass is 405 g/mol. The summed E-state index contributed by atoms with van der Waals surface area (Å²) in [4.78, 5) is 12.6. The second-order valence-corrected chi connectivity index (χ2v) is 7.82. The van der Waals surface area contributed by atoms with Crippen molar-refractivity contribution in [2.24, 2.45) is 0 Å². The normalized spacial score (nSPS) is 12.2. The Labute approximate surface area is 166 Å². The molecule has 0 saturated heterocycles. The van der Waals surface area contributed by atoms with Crippen LogP contribution in [0.1, 0.15) is 24.2 Å². The summed E-state index contributed by atoms with van der Waals surface area (Å²) in [7, 11) is 0. The molecule has 0 N–H and O–H groups in total. The zero-order chi connectivity index (χ0) is 18.7. The molecule has 3 rings (SSSR count). The molecule has 0 aliphatic heterocycles. The first kappa shape index (κ1) is 19.0. The van der Waals surface area contributed by atoms with Gasteiger partial charge >= 0.3 is 0 Å². The van der Waals surface area contributed by atoms with Crippen molar-refractivity contribution in [2.75, 3.05) is 0 Å². The maximum absolute atomic E-state index is 12.6. The molecule has 3 aromatic rings. The zero-order valence-corrected chi connectivity index (χ0v) is 16.6. The van der Waals surface area contributed by atoms with Gasteiger partial charge in [-0.25, -0.2) is 0 Å². The molecule has 26 heavy (non-hydrogen) atoms. The van der Waals surface area contributed by atoms with Crippen molar-refractivity contribution in [3.05, 3.63) is 64.1 Å². The van der Waals surface area contributed by atoms with E-state index in [1.807, 2.05) is 54.8 Å².